The second kappa shape index (κ2) is 5.35. The van der Waals surface area contributed by atoms with Gasteiger partial charge in [-0.25, -0.2) is 14.2 Å². The predicted octanol–water partition coefficient (Wildman–Crippen LogP) is 2.72. The minimum absolute atomic E-state index is 0.147. The van der Waals surface area contributed by atoms with Gasteiger partial charge in [0.05, 0.1) is 0 Å². The molecule has 1 aromatic heterocycles. The highest BCUT2D eigenvalue weighted by Crippen LogP contribution is 2.09. The Morgan fingerprint density at radius 3 is 2.61 bits per heavy atom. The van der Waals surface area contributed by atoms with Crippen LogP contribution in [-0.2, 0) is 11.3 Å². The quantitative estimate of drug-likeness (QED) is 0.620. The summed E-state index contributed by atoms with van der Waals surface area (Å²) in [6, 6.07) is 9.73. The van der Waals surface area contributed by atoms with Crippen LogP contribution in [0.2, 0.25) is 0 Å². The van der Waals surface area contributed by atoms with Crippen molar-refractivity contribution in [3.63, 3.8) is 0 Å². The second-order valence-electron chi connectivity index (χ2n) is 3.51. The van der Waals surface area contributed by atoms with Crippen molar-refractivity contribution in [3.8, 4) is 0 Å². The molecule has 5 heteroatoms. The van der Waals surface area contributed by atoms with Crippen LogP contribution >= 0.6 is 0 Å². The lowest BCUT2D eigenvalue weighted by molar-refractivity contribution is 0.0460. The minimum atomic E-state index is -0.794. The Labute approximate surface area is 102 Å². The van der Waals surface area contributed by atoms with E-state index >= 15 is 0 Å². The molecule has 0 aliphatic rings. The summed E-state index contributed by atoms with van der Waals surface area (Å²) in [6.07, 6.45) is 0. The molecule has 0 bridgehead atoms. The lowest BCUT2D eigenvalue weighted by atomic mass is 10.2. The molecule has 0 unspecified atom stereocenters. The van der Waals surface area contributed by atoms with Gasteiger partial charge in [0, 0.05) is 5.56 Å². The molecule has 1 aromatic carbocycles. The van der Waals surface area contributed by atoms with Crippen LogP contribution in [0.15, 0.2) is 42.5 Å². The predicted molar refractivity (Wildman–Crippen MR) is 59.7 cm³/mol. The molecule has 2 aromatic rings. The van der Waals surface area contributed by atoms with Gasteiger partial charge < -0.3 is 4.74 Å². The molecule has 0 spiro atoms. The van der Waals surface area contributed by atoms with E-state index in [0.29, 0.717) is 0 Å². The Hall–Kier alpha value is -2.30. The van der Waals surface area contributed by atoms with Gasteiger partial charge in [-0.3, -0.25) is 0 Å². The molecule has 92 valence electrons. The van der Waals surface area contributed by atoms with E-state index in [0.717, 1.165) is 6.07 Å². The molecule has 3 nitrogen and oxygen atoms in total. The zero-order chi connectivity index (χ0) is 13.0. The summed E-state index contributed by atoms with van der Waals surface area (Å²) in [7, 11) is 0. The maximum absolute atomic E-state index is 13.2. The number of esters is 1. The van der Waals surface area contributed by atoms with Gasteiger partial charge in [-0.15, -0.1) is 0 Å². The average Bonchev–Trinajstić information content (AvgIpc) is 2.37. The van der Waals surface area contributed by atoms with Gasteiger partial charge in [-0.2, -0.15) is 4.39 Å². The van der Waals surface area contributed by atoms with E-state index in [1.54, 1.807) is 6.07 Å². The molecule has 2 rings (SSSR count). The first-order chi connectivity index (χ1) is 8.66. The first-order valence-corrected chi connectivity index (χ1v) is 5.20. The molecule has 1 heterocycles. The number of rotatable bonds is 3. The minimum Gasteiger partial charge on any atom is -0.456 e. The van der Waals surface area contributed by atoms with Crippen molar-refractivity contribution < 1.29 is 18.3 Å². The Bertz CT molecular complexity index is 572. The van der Waals surface area contributed by atoms with Crippen LogP contribution in [0.3, 0.4) is 0 Å². The fourth-order valence-electron chi connectivity index (χ4n) is 1.35. The summed E-state index contributed by atoms with van der Waals surface area (Å²) < 4.78 is 30.9. The third kappa shape index (κ3) is 2.88. The number of ether oxygens (including phenoxy) is 1. The summed E-state index contributed by atoms with van der Waals surface area (Å²) in [6.45, 7) is -0.219. The van der Waals surface area contributed by atoms with Crippen LogP contribution in [0, 0.1) is 11.8 Å². The fourth-order valence-corrected chi connectivity index (χ4v) is 1.35. The smallest absolute Gasteiger partial charge is 0.357 e. The maximum Gasteiger partial charge on any atom is 0.357 e. The number of aromatic nitrogens is 1. The monoisotopic (exact) mass is 249 g/mol. The molecule has 0 N–H and O–H groups in total. The third-order valence-corrected chi connectivity index (χ3v) is 2.24. The largest absolute Gasteiger partial charge is 0.456 e. The van der Waals surface area contributed by atoms with Crippen molar-refractivity contribution in [2.45, 2.75) is 6.61 Å². The van der Waals surface area contributed by atoms with Crippen molar-refractivity contribution >= 4 is 5.97 Å². The SMILES string of the molecule is O=C(OCc1ccccc1F)c1cccc(F)n1. The fraction of sp³-hybridized carbons (Fsp3) is 0.0769. The number of nitrogens with zero attached hydrogens (tertiary/aromatic N) is 1. The summed E-state index contributed by atoms with van der Waals surface area (Å²) in [5.74, 6) is -2.02. The van der Waals surface area contributed by atoms with Crippen molar-refractivity contribution in [2.75, 3.05) is 0 Å². The van der Waals surface area contributed by atoms with Crippen molar-refractivity contribution in [1.29, 1.82) is 0 Å². The summed E-state index contributed by atoms with van der Waals surface area (Å²) in [4.78, 5) is 14.9. The number of pyridine rings is 1. The van der Waals surface area contributed by atoms with E-state index in [9.17, 15) is 13.6 Å². The van der Waals surface area contributed by atoms with E-state index in [2.05, 4.69) is 4.98 Å². The van der Waals surface area contributed by atoms with Crippen LogP contribution in [0.1, 0.15) is 16.1 Å². The first kappa shape index (κ1) is 12.2. The Morgan fingerprint density at radius 2 is 1.89 bits per heavy atom. The van der Waals surface area contributed by atoms with Gasteiger partial charge in [0.25, 0.3) is 0 Å². The number of carbonyl (C=O) groups is 1. The highest BCUT2D eigenvalue weighted by molar-refractivity contribution is 5.87. The van der Waals surface area contributed by atoms with Crippen LogP contribution in [-0.4, -0.2) is 11.0 Å². The number of benzene rings is 1. The van der Waals surface area contributed by atoms with E-state index in [1.165, 1.54) is 30.3 Å². The highest BCUT2D eigenvalue weighted by Gasteiger charge is 2.11. The van der Waals surface area contributed by atoms with Crippen molar-refractivity contribution in [1.82, 2.24) is 4.98 Å². The van der Waals surface area contributed by atoms with Gasteiger partial charge in [0.1, 0.15) is 12.4 Å². The van der Waals surface area contributed by atoms with Gasteiger partial charge in [0.2, 0.25) is 5.95 Å². The zero-order valence-corrected chi connectivity index (χ0v) is 9.27. The molecule has 0 saturated heterocycles. The van der Waals surface area contributed by atoms with Crippen LogP contribution in [0.4, 0.5) is 8.78 Å². The van der Waals surface area contributed by atoms with Gasteiger partial charge in [0.15, 0.2) is 5.69 Å². The normalized spacial score (nSPS) is 10.1. The molecule has 0 aliphatic carbocycles. The topological polar surface area (TPSA) is 39.2 Å². The highest BCUT2D eigenvalue weighted by atomic mass is 19.1. The van der Waals surface area contributed by atoms with Gasteiger partial charge >= 0.3 is 5.97 Å². The summed E-state index contributed by atoms with van der Waals surface area (Å²) in [5, 5.41) is 0. The van der Waals surface area contributed by atoms with Crippen molar-refractivity contribution in [3.05, 3.63) is 65.5 Å². The number of carbonyl (C=O) groups excluding carboxylic acids is 1. The molecule has 0 saturated carbocycles. The van der Waals surface area contributed by atoms with E-state index in [1.807, 2.05) is 0 Å². The van der Waals surface area contributed by atoms with Crippen LogP contribution in [0.5, 0.6) is 0 Å². The zero-order valence-electron chi connectivity index (χ0n) is 9.27. The summed E-state index contributed by atoms with van der Waals surface area (Å²) in [5.41, 5.74) is 0.105. The molecular formula is C13H9F2NO2. The van der Waals surface area contributed by atoms with E-state index in [-0.39, 0.29) is 17.9 Å². The van der Waals surface area contributed by atoms with Crippen LogP contribution in [0.25, 0.3) is 0 Å². The molecule has 0 fully saturated rings. The second-order valence-corrected chi connectivity index (χ2v) is 3.51. The summed E-state index contributed by atoms with van der Waals surface area (Å²) >= 11 is 0. The van der Waals surface area contributed by atoms with Gasteiger partial charge in [-0.1, -0.05) is 24.3 Å². The lowest BCUT2D eigenvalue weighted by Gasteiger charge is -2.05. The van der Waals surface area contributed by atoms with Gasteiger partial charge in [-0.05, 0) is 18.2 Å². The first-order valence-electron chi connectivity index (χ1n) is 5.20. The Balaban J connectivity index is 2.03. The Morgan fingerprint density at radius 1 is 1.11 bits per heavy atom. The third-order valence-electron chi connectivity index (χ3n) is 2.24. The molecule has 0 radical (unpaired) electrons. The molecule has 0 aliphatic heterocycles. The number of halogens is 2. The maximum atomic E-state index is 13.2. The molecular weight excluding hydrogens is 240 g/mol. The lowest BCUT2D eigenvalue weighted by Crippen LogP contribution is -2.08. The average molecular weight is 249 g/mol. The number of hydrogen-bond acceptors (Lipinski definition) is 3. The van der Waals surface area contributed by atoms with E-state index in [4.69, 9.17) is 4.74 Å². The molecule has 18 heavy (non-hydrogen) atoms. The van der Waals surface area contributed by atoms with Crippen molar-refractivity contribution in [2.24, 2.45) is 0 Å². The van der Waals surface area contributed by atoms with E-state index < -0.39 is 17.7 Å². The standard InChI is InChI=1S/C13H9F2NO2/c14-10-5-2-1-4-9(10)8-18-13(17)11-6-3-7-12(15)16-11/h1-7H,8H2. The molecule has 0 atom stereocenters. The Kier molecular flexibility index (Phi) is 3.62. The number of hydrogen-bond donors (Lipinski definition) is 0. The molecule has 0 amide bonds. The van der Waals surface area contributed by atoms with Crippen LogP contribution < -0.4 is 0 Å².